The number of carbonyl (C=O) groups excluding carboxylic acids is 1. The number of hydrogen-bond donors (Lipinski definition) is 1. The number of nitrogens with two attached hydrogens (primary N) is 1. The van der Waals surface area contributed by atoms with Gasteiger partial charge in [0.05, 0.1) is 17.4 Å². The molecule has 0 atom stereocenters. The topological polar surface area (TPSA) is 70.1 Å². The molecule has 0 amide bonds. The molecule has 1 aromatic heterocycles. The molecular weight excluding hydrogens is 256 g/mol. The first kappa shape index (κ1) is 13.0. The molecule has 0 bridgehead atoms. The molecule has 0 aliphatic heterocycles. The summed E-state index contributed by atoms with van der Waals surface area (Å²) < 4.78 is 32.6. The van der Waals surface area contributed by atoms with Gasteiger partial charge in [-0.25, -0.2) is 8.78 Å². The van der Waals surface area contributed by atoms with Gasteiger partial charge in [0.1, 0.15) is 24.8 Å². The third-order valence-corrected chi connectivity index (χ3v) is 2.38. The summed E-state index contributed by atoms with van der Waals surface area (Å²) in [6, 6.07) is 3.43. The van der Waals surface area contributed by atoms with Crippen LogP contribution >= 0.6 is 0 Å². The van der Waals surface area contributed by atoms with Crippen LogP contribution in [0.5, 0.6) is 0 Å². The monoisotopic (exact) mass is 267 g/mol. The molecule has 0 fully saturated rings. The van der Waals surface area contributed by atoms with Crippen molar-refractivity contribution >= 4 is 11.7 Å². The van der Waals surface area contributed by atoms with E-state index in [2.05, 4.69) is 5.10 Å². The summed E-state index contributed by atoms with van der Waals surface area (Å²) in [4.78, 5) is 11.4. The van der Waals surface area contributed by atoms with Crippen molar-refractivity contribution < 1.29 is 18.3 Å². The van der Waals surface area contributed by atoms with Gasteiger partial charge in [-0.05, 0) is 12.1 Å². The number of nitrogens with zero attached hydrogens (tertiary/aromatic N) is 2. The Morgan fingerprint density at radius 1 is 1.37 bits per heavy atom. The highest BCUT2D eigenvalue weighted by atomic mass is 19.1. The maximum atomic E-state index is 13.3. The zero-order chi connectivity index (χ0) is 13.8. The molecule has 2 rings (SSSR count). The average Bonchev–Trinajstić information content (AvgIpc) is 2.74. The quantitative estimate of drug-likeness (QED) is 0.852. The first-order chi connectivity index (χ1) is 9.06. The van der Waals surface area contributed by atoms with Crippen LogP contribution in [-0.4, -0.2) is 15.7 Å². The molecule has 0 spiro atoms. The minimum atomic E-state index is -0.754. The molecule has 5 nitrogen and oxygen atoms in total. The number of hydrogen-bond acceptors (Lipinski definition) is 4. The lowest BCUT2D eigenvalue weighted by atomic mass is 10.2. The van der Waals surface area contributed by atoms with E-state index in [1.807, 2.05) is 0 Å². The molecule has 0 radical (unpaired) electrons. The molecule has 2 N–H and O–H groups in total. The molecule has 100 valence electrons. The number of esters is 1. The Balaban J connectivity index is 1.93. The second kappa shape index (κ2) is 5.47. The van der Waals surface area contributed by atoms with Crippen LogP contribution in [0.4, 0.5) is 14.5 Å². The van der Waals surface area contributed by atoms with E-state index in [9.17, 15) is 13.6 Å². The molecule has 0 saturated heterocycles. The third kappa shape index (κ3) is 3.27. The van der Waals surface area contributed by atoms with Crippen LogP contribution in [0.3, 0.4) is 0 Å². The van der Waals surface area contributed by atoms with Gasteiger partial charge in [-0.1, -0.05) is 6.07 Å². The summed E-state index contributed by atoms with van der Waals surface area (Å²) in [5.74, 6) is -2.17. The van der Waals surface area contributed by atoms with Gasteiger partial charge >= 0.3 is 5.97 Å². The molecule has 0 saturated carbocycles. The van der Waals surface area contributed by atoms with Gasteiger partial charge in [-0.2, -0.15) is 5.10 Å². The van der Waals surface area contributed by atoms with E-state index in [0.29, 0.717) is 5.69 Å². The summed E-state index contributed by atoms with van der Waals surface area (Å²) in [7, 11) is 0. The van der Waals surface area contributed by atoms with Crippen molar-refractivity contribution in [3.8, 4) is 0 Å². The minimum absolute atomic E-state index is 0.173. The van der Waals surface area contributed by atoms with Crippen LogP contribution in [0.25, 0.3) is 0 Å². The van der Waals surface area contributed by atoms with Crippen LogP contribution in [-0.2, 0) is 22.7 Å². The third-order valence-electron chi connectivity index (χ3n) is 2.38. The minimum Gasteiger partial charge on any atom is -0.459 e. The van der Waals surface area contributed by atoms with Gasteiger partial charge in [0.25, 0.3) is 0 Å². The standard InChI is InChI=1S/C12H11F2N3O2/c13-10-2-1-3-11(14)9(10)7-19-12(18)6-17-5-8(15)4-16-17/h1-5H,6-7,15H2. The van der Waals surface area contributed by atoms with Crippen LogP contribution in [0.15, 0.2) is 30.6 Å². The zero-order valence-corrected chi connectivity index (χ0v) is 9.85. The van der Waals surface area contributed by atoms with Gasteiger partial charge in [-0.15, -0.1) is 0 Å². The molecule has 19 heavy (non-hydrogen) atoms. The number of halogens is 2. The second-order valence-electron chi connectivity index (χ2n) is 3.83. The van der Waals surface area contributed by atoms with Crippen LogP contribution in [0, 0.1) is 11.6 Å². The molecular formula is C12H11F2N3O2. The van der Waals surface area contributed by atoms with E-state index in [1.165, 1.54) is 23.1 Å². The van der Waals surface area contributed by atoms with Gasteiger partial charge in [0.2, 0.25) is 0 Å². The Bertz CT molecular complexity index is 578. The molecule has 1 heterocycles. The van der Waals surface area contributed by atoms with Crippen molar-refractivity contribution in [2.24, 2.45) is 0 Å². The lowest BCUT2D eigenvalue weighted by Crippen LogP contribution is -2.14. The number of ether oxygens (including phenoxy) is 1. The van der Waals surface area contributed by atoms with E-state index < -0.39 is 24.2 Å². The van der Waals surface area contributed by atoms with Gasteiger partial charge in [0, 0.05) is 6.20 Å². The number of rotatable bonds is 4. The number of nitrogen functional groups attached to an aromatic ring is 1. The molecule has 2 aromatic rings. The maximum absolute atomic E-state index is 13.3. The average molecular weight is 267 g/mol. The highest BCUT2D eigenvalue weighted by Gasteiger charge is 2.12. The number of anilines is 1. The van der Waals surface area contributed by atoms with Gasteiger partial charge < -0.3 is 10.5 Å². The smallest absolute Gasteiger partial charge is 0.328 e. The van der Waals surface area contributed by atoms with E-state index >= 15 is 0 Å². The van der Waals surface area contributed by atoms with Crippen molar-refractivity contribution in [2.45, 2.75) is 13.2 Å². The predicted molar refractivity (Wildman–Crippen MR) is 62.8 cm³/mol. The van der Waals surface area contributed by atoms with E-state index in [4.69, 9.17) is 10.5 Å². The van der Waals surface area contributed by atoms with Crippen molar-refractivity contribution in [1.29, 1.82) is 0 Å². The predicted octanol–water partition coefficient (Wildman–Crippen LogP) is 1.49. The van der Waals surface area contributed by atoms with E-state index in [0.717, 1.165) is 12.1 Å². The Morgan fingerprint density at radius 2 is 2.05 bits per heavy atom. The number of benzene rings is 1. The van der Waals surface area contributed by atoms with E-state index in [1.54, 1.807) is 0 Å². The number of carbonyl (C=O) groups is 1. The Hall–Kier alpha value is -2.44. The Morgan fingerprint density at radius 3 is 2.63 bits per heavy atom. The number of aromatic nitrogens is 2. The summed E-state index contributed by atoms with van der Waals surface area (Å²) in [5, 5.41) is 3.79. The lowest BCUT2D eigenvalue weighted by Gasteiger charge is -2.06. The van der Waals surface area contributed by atoms with Crippen LogP contribution < -0.4 is 5.73 Å². The first-order valence-corrected chi connectivity index (χ1v) is 5.42. The van der Waals surface area contributed by atoms with Crippen LogP contribution in [0.2, 0.25) is 0 Å². The molecule has 1 aromatic carbocycles. The summed E-state index contributed by atoms with van der Waals surface area (Å²) >= 11 is 0. The maximum Gasteiger partial charge on any atom is 0.328 e. The Kier molecular flexibility index (Phi) is 3.74. The fraction of sp³-hybridized carbons (Fsp3) is 0.167. The summed E-state index contributed by atoms with van der Waals surface area (Å²) in [6.45, 7) is -0.638. The Labute approximate surface area is 107 Å². The second-order valence-corrected chi connectivity index (χ2v) is 3.83. The molecule has 0 unspecified atom stereocenters. The van der Waals surface area contributed by atoms with Crippen molar-refractivity contribution in [2.75, 3.05) is 5.73 Å². The normalized spacial score (nSPS) is 10.4. The molecule has 0 aliphatic carbocycles. The molecule has 0 aliphatic rings. The SMILES string of the molecule is Nc1cnn(CC(=O)OCc2c(F)cccc2F)c1. The fourth-order valence-electron chi connectivity index (χ4n) is 1.47. The lowest BCUT2D eigenvalue weighted by molar-refractivity contribution is -0.146. The highest BCUT2D eigenvalue weighted by molar-refractivity contribution is 5.69. The first-order valence-electron chi connectivity index (χ1n) is 5.42. The van der Waals surface area contributed by atoms with Crippen LogP contribution in [0.1, 0.15) is 5.56 Å². The zero-order valence-electron chi connectivity index (χ0n) is 9.85. The fourth-order valence-corrected chi connectivity index (χ4v) is 1.47. The van der Waals surface area contributed by atoms with Gasteiger partial charge in [0.15, 0.2) is 0 Å². The van der Waals surface area contributed by atoms with E-state index in [-0.39, 0.29) is 12.1 Å². The largest absolute Gasteiger partial charge is 0.459 e. The van der Waals surface area contributed by atoms with Crippen molar-refractivity contribution in [3.63, 3.8) is 0 Å². The summed E-state index contributed by atoms with van der Waals surface area (Å²) in [5.41, 5.74) is 5.55. The van der Waals surface area contributed by atoms with Gasteiger partial charge in [-0.3, -0.25) is 9.48 Å². The summed E-state index contributed by atoms with van der Waals surface area (Å²) in [6.07, 6.45) is 2.83. The molecule has 7 heteroatoms. The van der Waals surface area contributed by atoms with Crippen molar-refractivity contribution in [1.82, 2.24) is 9.78 Å². The van der Waals surface area contributed by atoms with Crippen molar-refractivity contribution in [3.05, 3.63) is 47.8 Å². The highest BCUT2D eigenvalue weighted by Crippen LogP contribution is 2.13.